The monoisotopic (exact) mass is 245 g/mol. The van der Waals surface area contributed by atoms with Crippen molar-refractivity contribution in [3.63, 3.8) is 0 Å². The Hall–Kier alpha value is -0.680. The highest BCUT2D eigenvalue weighted by molar-refractivity contribution is 7.07. The number of carbonyl (C=O) groups excluding carboxylic acids is 1. The lowest BCUT2D eigenvalue weighted by Crippen LogP contribution is -2.43. The van der Waals surface area contributed by atoms with Crippen LogP contribution in [0.1, 0.15) is 23.0 Å². The average molecular weight is 246 g/mol. The van der Waals surface area contributed by atoms with Gasteiger partial charge in [-0.3, -0.25) is 4.79 Å². The van der Waals surface area contributed by atoms with Gasteiger partial charge in [0.05, 0.1) is 11.6 Å². The molecule has 1 amide bonds. The molecule has 2 unspecified atom stereocenters. The molecule has 0 spiro atoms. The van der Waals surface area contributed by atoms with Crippen LogP contribution in [0.15, 0.2) is 6.20 Å². The fourth-order valence-corrected chi connectivity index (χ4v) is 2.40. The largest absolute Gasteiger partial charge is 0.336 e. The lowest BCUT2D eigenvalue weighted by atomic mass is 9.98. The highest BCUT2D eigenvalue weighted by Gasteiger charge is 2.28. The number of hydrogen-bond acceptors (Lipinski definition) is 4. The third-order valence-corrected chi connectivity index (χ3v) is 3.95. The van der Waals surface area contributed by atoms with Crippen LogP contribution in [-0.2, 0) is 0 Å². The maximum absolute atomic E-state index is 11.9. The van der Waals surface area contributed by atoms with Crippen LogP contribution >= 0.6 is 23.1 Å². The molecule has 0 bridgehead atoms. The topological polar surface area (TPSA) is 46.1 Å². The standard InChI is InChI=1S/C9H12ClN3OS/c1-6-2-3-13(5-7(6)10)9(14)8-4-11-12-15-8/h4,6-7H,2-3,5H2,1H3. The fourth-order valence-electron chi connectivity index (χ4n) is 1.62. The van der Waals surface area contributed by atoms with E-state index >= 15 is 0 Å². The van der Waals surface area contributed by atoms with Crippen LogP contribution < -0.4 is 0 Å². The second-order valence-electron chi connectivity index (χ2n) is 3.81. The van der Waals surface area contributed by atoms with E-state index in [1.807, 2.05) is 0 Å². The summed E-state index contributed by atoms with van der Waals surface area (Å²) < 4.78 is 3.68. The molecule has 1 aliphatic heterocycles. The van der Waals surface area contributed by atoms with Crippen LogP contribution in [0.5, 0.6) is 0 Å². The summed E-state index contributed by atoms with van der Waals surface area (Å²) in [4.78, 5) is 14.3. The summed E-state index contributed by atoms with van der Waals surface area (Å²) in [5, 5.41) is 3.72. The van der Waals surface area contributed by atoms with Gasteiger partial charge in [0.2, 0.25) is 0 Å². The van der Waals surface area contributed by atoms with Crippen LogP contribution in [0.2, 0.25) is 0 Å². The third-order valence-electron chi connectivity index (χ3n) is 2.73. The molecule has 1 aromatic rings. The molecule has 1 aliphatic rings. The number of alkyl halides is 1. The number of hydrogen-bond donors (Lipinski definition) is 0. The minimum atomic E-state index is 0.00236. The van der Waals surface area contributed by atoms with E-state index in [2.05, 4.69) is 16.5 Å². The molecule has 0 N–H and O–H groups in total. The molecule has 2 heterocycles. The first kappa shape index (κ1) is 10.8. The summed E-state index contributed by atoms with van der Waals surface area (Å²) in [6.07, 6.45) is 2.47. The molecular weight excluding hydrogens is 234 g/mol. The van der Waals surface area contributed by atoms with Gasteiger partial charge in [0.25, 0.3) is 5.91 Å². The smallest absolute Gasteiger partial charge is 0.267 e. The lowest BCUT2D eigenvalue weighted by molar-refractivity contribution is 0.0706. The summed E-state index contributed by atoms with van der Waals surface area (Å²) in [7, 11) is 0. The van der Waals surface area contributed by atoms with Gasteiger partial charge in [0.1, 0.15) is 4.88 Å². The molecule has 82 valence electrons. The van der Waals surface area contributed by atoms with Gasteiger partial charge in [-0.25, -0.2) is 0 Å². The number of carbonyl (C=O) groups is 1. The van der Waals surface area contributed by atoms with E-state index in [9.17, 15) is 4.79 Å². The van der Waals surface area contributed by atoms with Crippen molar-refractivity contribution in [3.05, 3.63) is 11.1 Å². The zero-order valence-electron chi connectivity index (χ0n) is 8.39. The quantitative estimate of drug-likeness (QED) is 0.707. The molecule has 1 aromatic heterocycles. The normalized spacial score (nSPS) is 26.7. The molecular formula is C9H12ClN3OS. The van der Waals surface area contributed by atoms with Gasteiger partial charge in [-0.15, -0.1) is 16.7 Å². The van der Waals surface area contributed by atoms with Gasteiger partial charge in [-0.2, -0.15) is 0 Å². The molecule has 2 atom stereocenters. The van der Waals surface area contributed by atoms with Gasteiger partial charge >= 0.3 is 0 Å². The number of halogens is 1. The van der Waals surface area contributed by atoms with E-state index < -0.39 is 0 Å². The zero-order chi connectivity index (χ0) is 10.8. The van der Waals surface area contributed by atoms with E-state index in [1.54, 1.807) is 4.90 Å². The van der Waals surface area contributed by atoms with E-state index in [0.717, 1.165) is 24.5 Å². The van der Waals surface area contributed by atoms with Crippen molar-refractivity contribution in [3.8, 4) is 0 Å². The fraction of sp³-hybridized carbons (Fsp3) is 0.667. The van der Waals surface area contributed by atoms with Crippen molar-refractivity contribution in [2.45, 2.75) is 18.7 Å². The first-order valence-electron chi connectivity index (χ1n) is 4.89. The second-order valence-corrected chi connectivity index (χ2v) is 5.16. The predicted octanol–water partition coefficient (Wildman–Crippen LogP) is 1.63. The first-order valence-corrected chi connectivity index (χ1v) is 6.10. The number of aromatic nitrogens is 2. The Kier molecular flexibility index (Phi) is 3.21. The van der Waals surface area contributed by atoms with Crippen LogP contribution in [0.4, 0.5) is 0 Å². The summed E-state index contributed by atoms with van der Waals surface area (Å²) >= 11 is 7.28. The van der Waals surface area contributed by atoms with Gasteiger partial charge in [0.15, 0.2) is 0 Å². The molecule has 1 fully saturated rings. The summed E-state index contributed by atoms with van der Waals surface area (Å²) in [6, 6.07) is 0. The Morgan fingerprint density at radius 2 is 2.53 bits per heavy atom. The minimum absolute atomic E-state index is 0.00236. The Bertz CT molecular complexity index is 343. The number of nitrogens with zero attached hydrogens (tertiary/aromatic N) is 3. The Labute approximate surface area is 97.4 Å². The van der Waals surface area contributed by atoms with Gasteiger partial charge in [0, 0.05) is 13.1 Å². The van der Waals surface area contributed by atoms with Crippen LogP contribution in [0.25, 0.3) is 0 Å². The molecule has 1 saturated heterocycles. The lowest BCUT2D eigenvalue weighted by Gasteiger charge is -2.33. The van der Waals surface area contributed by atoms with Crippen LogP contribution in [-0.4, -0.2) is 38.9 Å². The molecule has 2 rings (SSSR count). The van der Waals surface area contributed by atoms with Crippen molar-refractivity contribution in [2.24, 2.45) is 5.92 Å². The number of piperidine rings is 1. The van der Waals surface area contributed by atoms with Crippen molar-refractivity contribution in [1.82, 2.24) is 14.5 Å². The average Bonchev–Trinajstić information content (AvgIpc) is 2.74. The van der Waals surface area contributed by atoms with Crippen LogP contribution in [0.3, 0.4) is 0 Å². The highest BCUT2D eigenvalue weighted by atomic mass is 35.5. The van der Waals surface area contributed by atoms with Crippen molar-refractivity contribution in [1.29, 1.82) is 0 Å². The number of rotatable bonds is 1. The van der Waals surface area contributed by atoms with Crippen molar-refractivity contribution >= 4 is 29.0 Å². The van der Waals surface area contributed by atoms with Gasteiger partial charge in [-0.1, -0.05) is 11.4 Å². The van der Waals surface area contributed by atoms with Gasteiger partial charge < -0.3 is 4.90 Å². The third kappa shape index (κ3) is 2.29. The summed E-state index contributed by atoms with van der Waals surface area (Å²) in [6.45, 7) is 3.52. The molecule has 6 heteroatoms. The zero-order valence-corrected chi connectivity index (χ0v) is 9.96. The summed E-state index contributed by atoms with van der Waals surface area (Å²) in [5.41, 5.74) is 0. The second kappa shape index (κ2) is 4.45. The first-order chi connectivity index (χ1) is 7.18. The number of likely N-dealkylation sites (tertiary alicyclic amines) is 1. The van der Waals surface area contributed by atoms with Gasteiger partial charge in [-0.05, 0) is 23.9 Å². The van der Waals surface area contributed by atoms with E-state index in [1.165, 1.54) is 6.20 Å². The Morgan fingerprint density at radius 3 is 3.13 bits per heavy atom. The SMILES string of the molecule is CC1CCN(C(=O)c2cnns2)CC1Cl. The van der Waals surface area contributed by atoms with E-state index in [-0.39, 0.29) is 11.3 Å². The molecule has 0 saturated carbocycles. The van der Waals surface area contributed by atoms with E-state index in [4.69, 9.17) is 11.6 Å². The summed E-state index contributed by atoms with van der Waals surface area (Å²) in [5.74, 6) is 0.484. The Balaban J connectivity index is 2.03. The van der Waals surface area contributed by atoms with Crippen LogP contribution in [0, 0.1) is 5.92 Å². The molecule has 0 aliphatic carbocycles. The molecule has 0 aromatic carbocycles. The predicted molar refractivity (Wildman–Crippen MR) is 59.2 cm³/mol. The Morgan fingerprint density at radius 1 is 1.73 bits per heavy atom. The van der Waals surface area contributed by atoms with Crippen molar-refractivity contribution < 1.29 is 4.79 Å². The van der Waals surface area contributed by atoms with Crippen molar-refractivity contribution in [2.75, 3.05) is 13.1 Å². The molecule has 0 radical (unpaired) electrons. The molecule has 15 heavy (non-hydrogen) atoms. The maximum atomic E-state index is 11.9. The highest BCUT2D eigenvalue weighted by Crippen LogP contribution is 2.23. The maximum Gasteiger partial charge on any atom is 0.267 e. The molecule has 4 nitrogen and oxygen atoms in total. The van der Waals surface area contributed by atoms with E-state index in [0.29, 0.717) is 17.3 Å². The number of amides is 1. The minimum Gasteiger partial charge on any atom is -0.336 e.